The Balaban J connectivity index is 1.49. The predicted octanol–water partition coefficient (Wildman–Crippen LogP) is 4.35. The first-order valence-electron chi connectivity index (χ1n) is 9.40. The van der Waals surface area contributed by atoms with E-state index in [0.29, 0.717) is 22.5 Å². The first-order valence-corrected chi connectivity index (χ1v) is 10.2. The first kappa shape index (κ1) is 17.6. The van der Waals surface area contributed by atoms with Gasteiger partial charge in [-0.25, -0.2) is 4.98 Å². The number of nitriles is 1. The van der Waals surface area contributed by atoms with Crippen molar-refractivity contribution in [1.29, 1.82) is 5.26 Å². The molecule has 6 nitrogen and oxygen atoms in total. The molecule has 0 spiro atoms. The van der Waals surface area contributed by atoms with Crippen LogP contribution < -0.4 is 5.56 Å². The Kier molecular flexibility index (Phi) is 4.34. The van der Waals surface area contributed by atoms with Crippen LogP contribution in [0.4, 0.5) is 0 Å². The quantitative estimate of drug-likeness (QED) is 0.479. The molecule has 1 aliphatic rings. The number of rotatable bonds is 3. The predicted molar refractivity (Wildman–Crippen MR) is 112 cm³/mol. The van der Waals surface area contributed by atoms with Crippen LogP contribution in [0, 0.1) is 11.3 Å². The van der Waals surface area contributed by atoms with Crippen LogP contribution in [0.5, 0.6) is 0 Å². The first-order chi connectivity index (χ1) is 14.2. The molecular formula is C22H16N4O2S. The largest absolute Gasteiger partial charge is 0.455 e. The van der Waals surface area contributed by atoms with Gasteiger partial charge in [0.15, 0.2) is 0 Å². The highest BCUT2D eigenvalue weighted by molar-refractivity contribution is 7.18. The molecule has 7 heteroatoms. The number of hydrogen-bond acceptors (Lipinski definition) is 6. The Labute approximate surface area is 170 Å². The molecule has 0 bridgehead atoms. The third kappa shape index (κ3) is 3.08. The molecule has 0 saturated heterocycles. The number of thiophene rings is 1. The molecule has 1 aliphatic carbocycles. The van der Waals surface area contributed by atoms with Gasteiger partial charge in [-0.15, -0.1) is 11.3 Å². The lowest BCUT2D eigenvalue weighted by molar-refractivity contribution is 0.574. The SMILES string of the molecule is N#Cc1ccccc1-c1ccc(/C=N\n2cnc3sc4c(c3c2=O)CCCC4)o1. The molecule has 142 valence electrons. The minimum absolute atomic E-state index is 0.146. The van der Waals surface area contributed by atoms with Gasteiger partial charge in [0.25, 0.3) is 5.56 Å². The van der Waals surface area contributed by atoms with Crippen LogP contribution in [0.3, 0.4) is 0 Å². The summed E-state index contributed by atoms with van der Waals surface area (Å²) in [4.78, 5) is 19.5. The summed E-state index contributed by atoms with van der Waals surface area (Å²) in [6.07, 6.45) is 7.18. The summed E-state index contributed by atoms with van der Waals surface area (Å²) in [6, 6.07) is 13.0. The Bertz CT molecular complexity index is 1350. The lowest BCUT2D eigenvalue weighted by Crippen LogP contribution is -2.17. The van der Waals surface area contributed by atoms with Crippen molar-refractivity contribution in [1.82, 2.24) is 9.66 Å². The van der Waals surface area contributed by atoms with Crippen LogP contribution in [0.15, 0.2) is 57.0 Å². The smallest absolute Gasteiger partial charge is 0.282 e. The van der Waals surface area contributed by atoms with Crippen molar-refractivity contribution in [3.8, 4) is 17.4 Å². The Morgan fingerprint density at radius 2 is 2.07 bits per heavy atom. The van der Waals surface area contributed by atoms with E-state index in [2.05, 4.69) is 16.2 Å². The maximum atomic E-state index is 12.9. The molecule has 0 aliphatic heterocycles. The van der Waals surface area contributed by atoms with Gasteiger partial charge in [-0.05, 0) is 55.5 Å². The van der Waals surface area contributed by atoms with E-state index < -0.39 is 0 Å². The fourth-order valence-electron chi connectivity index (χ4n) is 3.70. The van der Waals surface area contributed by atoms with Crippen LogP contribution in [0.2, 0.25) is 0 Å². The second-order valence-electron chi connectivity index (χ2n) is 6.89. The topological polar surface area (TPSA) is 84.2 Å². The average molecular weight is 400 g/mol. The summed E-state index contributed by atoms with van der Waals surface area (Å²) in [6.45, 7) is 0. The van der Waals surface area contributed by atoms with Gasteiger partial charge < -0.3 is 4.42 Å². The zero-order valence-corrected chi connectivity index (χ0v) is 16.3. The highest BCUT2D eigenvalue weighted by atomic mass is 32.1. The maximum absolute atomic E-state index is 12.9. The van der Waals surface area contributed by atoms with Gasteiger partial charge in [-0.2, -0.15) is 15.0 Å². The Morgan fingerprint density at radius 1 is 1.21 bits per heavy atom. The van der Waals surface area contributed by atoms with Gasteiger partial charge in [-0.1, -0.05) is 12.1 Å². The summed E-state index contributed by atoms with van der Waals surface area (Å²) < 4.78 is 7.06. The summed E-state index contributed by atoms with van der Waals surface area (Å²) in [5.74, 6) is 1.07. The van der Waals surface area contributed by atoms with Crippen molar-refractivity contribution < 1.29 is 4.42 Å². The summed E-state index contributed by atoms with van der Waals surface area (Å²) in [7, 11) is 0. The van der Waals surface area contributed by atoms with Crippen LogP contribution in [-0.4, -0.2) is 15.9 Å². The third-order valence-electron chi connectivity index (χ3n) is 5.11. The van der Waals surface area contributed by atoms with Crippen molar-refractivity contribution in [3.63, 3.8) is 0 Å². The van der Waals surface area contributed by atoms with Crippen LogP contribution >= 0.6 is 11.3 Å². The molecule has 0 amide bonds. The van der Waals surface area contributed by atoms with Crippen molar-refractivity contribution in [2.24, 2.45) is 5.10 Å². The molecule has 0 saturated carbocycles. The zero-order chi connectivity index (χ0) is 19.8. The van der Waals surface area contributed by atoms with Gasteiger partial charge >= 0.3 is 0 Å². The average Bonchev–Trinajstić information content (AvgIpc) is 3.38. The van der Waals surface area contributed by atoms with Crippen LogP contribution in [-0.2, 0) is 12.8 Å². The number of fused-ring (bicyclic) bond motifs is 3. The minimum atomic E-state index is -0.146. The second-order valence-corrected chi connectivity index (χ2v) is 7.97. The Hall–Kier alpha value is -3.50. The molecule has 0 atom stereocenters. The molecule has 1 aromatic carbocycles. The van der Waals surface area contributed by atoms with Gasteiger partial charge in [0.1, 0.15) is 22.7 Å². The standard InChI is InChI=1S/C22H16N4O2S/c23-11-14-5-1-2-6-16(14)18-10-9-15(28-18)12-25-26-13-24-21-20(22(26)27)17-7-3-4-8-19(17)29-21/h1-2,5-6,9-10,12-13H,3-4,7-8H2/b25-12-. The van der Waals surface area contributed by atoms with Gasteiger partial charge in [0, 0.05) is 10.4 Å². The van der Waals surface area contributed by atoms with Gasteiger partial charge in [0.05, 0.1) is 23.2 Å². The molecular weight excluding hydrogens is 384 g/mol. The van der Waals surface area contributed by atoms with Gasteiger partial charge in [0.2, 0.25) is 0 Å². The number of aromatic nitrogens is 2. The maximum Gasteiger partial charge on any atom is 0.282 e. The van der Waals surface area contributed by atoms with Crippen molar-refractivity contribution in [2.45, 2.75) is 25.7 Å². The molecule has 0 fully saturated rings. The van der Waals surface area contributed by atoms with E-state index in [-0.39, 0.29) is 5.56 Å². The number of hydrogen-bond donors (Lipinski definition) is 0. The molecule has 0 unspecified atom stereocenters. The minimum Gasteiger partial charge on any atom is -0.455 e. The summed E-state index contributed by atoms with van der Waals surface area (Å²) >= 11 is 1.62. The monoisotopic (exact) mass is 400 g/mol. The molecule has 3 aromatic heterocycles. The van der Waals surface area contributed by atoms with Crippen LogP contribution in [0.1, 0.15) is 34.6 Å². The lowest BCUT2D eigenvalue weighted by Gasteiger charge is -2.09. The summed E-state index contributed by atoms with van der Waals surface area (Å²) in [5.41, 5.74) is 2.26. The number of nitrogens with zero attached hydrogens (tertiary/aromatic N) is 4. The number of furan rings is 1. The van der Waals surface area contributed by atoms with Gasteiger partial charge in [-0.3, -0.25) is 4.79 Å². The highest BCUT2D eigenvalue weighted by Crippen LogP contribution is 2.33. The zero-order valence-electron chi connectivity index (χ0n) is 15.5. The molecule has 4 aromatic rings. The van der Waals surface area contributed by atoms with Crippen molar-refractivity contribution >= 4 is 27.8 Å². The fourth-order valence-corrected chi connectivity index (χ4v) is 4.92. The highest BCUT2D eigenvalue weighted by Gasteiger charge is 2.19. The third-order valence-corrected chi connectivity index (χ3v) is 6.31. The van der Waals surface area contributed by atoms with Crippen molar-refractivity contribution in [3.05, 3.63) is 74.8 Å². The summed E-state index contributed by atoms with van der Waals surface area (Å²) in [5, 5.41) is 14.2. The normalized spacial score (nSPS) is 13.6. The van der Waals surface area contributed by atoms with E-state index in [1.165, 1.54) is 28.5 Å². The van der Waals surface area contributed by atoms with Crippen molar-refractivity contribution in [2.75, 3.05) is 0 Å². The van der Waals surface area contributed by atoms with E-state index >= 15 is 0 Å². The number of aryl methyl sites for hydroxylation is 2. The molecule has 3 heterocycles. The van der Waals surface area contributed by atoms with E-state index in [4.69, 9.17) is 4.42 Å². The molecule has 0 radical (unpaired) electrons. The molecule has 29 heavy (non-hydrogen) atoms. The second kappa shape index (κ2) is 7.15. The van der Waals surface area contributed by atoms with E-state index in [1.54, 1.807) is 29.5 Å². The fraction of sp³-hybridized carbons (Fsp3) is 0.182. The lowest BCUT2D eigenvalue weighted by atomic mass is 9.97. The molecule has 0 N–H and O–H groups in total. The Morgan fingerprint density at radius 3 is 2.97 bits per heavy atom. The van der Waals surface area contributed by atoms with E-state index in [1.807, 2.05) is 18.2 Å². The van der Waals surface area contributed by atoms with E-state index in [9.17, 15) is 10.1 Å². The molecule has 5 rings (SSSR count). The number of benzene rings is 1. The van der Waals surface area contributed by atoms with E-state index in [0.717, 1.165) is 35.2 Å². The van der Waals surface area contributed by atoms with Crippen LogP contribution in [0.25, 0.3) is 21.5 Å².